The van der Waals surface area contributed by atoms with Gasteiger partial charge in [0.05, 0.1) is 0 Å². The zero-order valence-electron chi connectivity index (χ0n) is 40.3. The van der Waals surface area contributed by atoms with Gasteiger partial charge in [-0.25, -0.2) is 9.59 Å². The average molecular weight is 837 g/mol. The van der Waals surface area contributed by atoms with Gasteiger partial charge in [-0.15, -0.1) is 0 Å². The van der Waals surface area contributed by atoms with Gasteiger partial charge in [-0.2, -0.15) is 0 Å². The molecule has 0 atom stereocenters. The zero-order chi connectivity index (χ0) is 42.4. The molecule has 4 rings (SSSR count). The molecule has 4 aliphatic rings. The van der Waals surface area contributed by atoms with Gasteiger partial charge >= 0.3 is 12.1 Å². The van der Waals surface area contributed by atoms with Crippen molar-refractivity contribution in [2.45, 2.75) is 308 Å². The van der Waals surface area contributed by atoms with Crippen LogP contribution in [0.25, 0.3) is 0 Å². The number of allylic oxidation sites excluding steroid dienone is 1. The number of esters is 1. The summed E-state index contributed by atoms with van der Waals surface area (Å²) in [7, 11) is 0. The molecule has 0 bridgehead atoms. The van der Waals surface area contributed by atoms with Gasteiger partial charge in [0.15, 0.2) is 0 Å². The summed E-state index contributed by atoms with van der Waals surface area (Å²) in [5, 5.41) is 0. The second-order valence-corrected chi connectivity index (χ2v) is 21.6. The fraction of sp³-hybridized carbons (Fsp3) is 0.929. The van der Waals surface area contributed by atoms with Crippen LogP contribution in [0.4, 0.5) is 4.79 Å². The number of carbonyl (C=O) groups is 2. The van der Waals surface area contributed by atoms with Crippen LogP contribution in [0.1, 0.15) is 303 Å². The van der Waals surface area contributed by atoms with Crippen LogP contribution in [0.15, 0.2) is 11.1 Å². The van der Waals surface area contributed by atoms with E-state index in [0.717, 1.165) is 24.8 Å². The third-order valence-electron chi connectivity index (χ3n) is 15.7. The number of hydrogen-bond acceptors (Lipinski definition) is 4. The Balaban J connectivity index is 1.68. The number of carbonyl (C=O) groups excluding carboxylic acids is 2. The molecule has 4 nitrogen and oxygen atoms in total. The van der Waals surface area contributed by atoms with Crippen molar-refractivity contribution in [1.29, 1.82) is 0 Å². The minimum Gasteiger partial charge on any atom is -0.428 e. The van der Waals surface area contributed by atoms with Crippen LogP contribution in [0.5, 0.6) is 0 Å². The van der Waals surface area contributed by atoms with Gasteiger partial charge in [0, 0.05) is 5.57 Å². The maximum Gasteiger partial charge on any atom is 0.516 e. The summed E-state index contributed by atoms with van der Waals surface area (Å²) in [5.41, 5.74) is 1.78. The Hall–Kier alpha value is -1.32. The highest BCUT2D eigenvalue weighted by Gasteiger charge is 2.36. The van der Waals surface area contributed by atoms with Crippen molar-refractivity contribution in [3.8, 4) is 0 Å². The van der Waals surface area contributed by atoms with Crippen molar-refractivity contribution in [3.63, 3.8) is 0 Å². The van der Waals surface area contributed by atoms with E-state index in [2.05, 4.69) is 13.8 Å². The van der Waals surface area contributed by atoms with E-state index >= 15 is 4.79 Å². The van der Waals surface area contributed by atoms with Crippen molar-refractivity contribution in [3.05, 3.63) is 11.1 Å². The molecule has 60 heavy (non-hydrogen) atoms. The smallest absolute Gasteiger partial charge is 0.428 e. The van der Waals surface area contributed by atoms with E-state index in [1.165, 1.54) is 275 Å². The van der Waals surface area contributed by atoms with Crippen LogP contribution in [-0.2, 0) is 14.3 Å². The molecule has 0 unspecified atom stereocenters. The number of rotatable bonds is 7. The van der Waals surface area contributed by atoms with Crippen LogP contribution >= 0.6 is 0 Å². The van der Waals surface area contributed by atoms with E-state index in [1.54, 1.807) is 0 Å². The highest BCUT2D eigenvalue weighted by Crippen LogP contribution is 2.43. The first-order chi connectivity index (χ1) is 29.4. The second-order valence-electron chi connectivity index (χ2n) is 21.6. The summed E-state index contributed by atoms with van der Waals surface area (Å²) in [6.45, 7) is 4.14. The largest absolute Gasteiger partial charge is 0.516 e. The molecule has 0 aromatic rings. The van der Waals surface area contributed by atoms with Gasteiger partial charge in [0.1, 0.15) is 5.60 Å². The van der Waals surface area contributed by atoms with Gasteiger partial charge in [-0.3, -0.25) is 0 Å². The zero-order valence-corrected chi connectivity index (χ0v) is 40.3. The lowest BCUT2D eigenvalue weighted by molar-refractivity contribution is -0.138. The molecule has 0 saturated heterocycles. The molecular weight excluding hydrogens is 737 g/mol. The fourth-order valence-corrected chi connectivity index (χ4v) is 12.3. The molecule has 0 N–H and O–H groups in total. The molecule has 0 aromatic carbocycles. The SMILES string of the molecule is CC(C)(CC1CCCCCCCCCCC1)OC(=O)OC(=O)C(=C(C1CCCCCCCCCCC1)C1CCCCCCCCCCC1)C1CCCCCCCCCCC1. The predicted octanol–water partition coefficient (Wildman–Crippen LogP) is 18.8. The third kappa shape index (κ3) is 22.3. The van der Waals surface area contributed by atoms with Crippen molar-refractivity contribution in [2.24, 2.45) is 23.7 Å². The summed E-state index contributed by atoms with van der Waals surface area (Å²) in [5.74, 6) is 1.22. The molecule has 0 aliphatic heterocycles. The van der Waals surface area contributed by atoms with Crippen LogP contribution in [0.3, 0.4) is 0 Å². The van der Waals surface area contributed by atoms with E-state index in [-0.39, 0.29) is 11.9 Å². The molecule has 348 valence electrons. The lowest BCUT2D eigenvalue weighted by Gasteiger charge is -2.34. The first-order valence-electron chi connectivity index (χ1n) is 27.6. The second kappa shape index (κ2) is 32.4. The molecule has 0 radical (unpaired) electrons. The Bertz CT molecular complexity index is 1060. The van der Waals surface area contributed by atoms with Crippen LogP contribution in [-0.4, -0.2) is 17.7 Å². The highest BCUT2D eigenvalue weighted by molar-refractivity contribution is 5.96. The minimum absolute atomic E-state index is 0.173. The van der Waals surface area contributed by atoms with Gasteiger partial charge in [0.25, 0.3) is 0 Å². The lowest BCUT2D eigenvalue weighted by Crippen LogP contribution is -2.33. The lowest BCUT2D eigenvalue weighted by atomic mass is 9.71. The highest BCUT2D eigenvalue weighted by atomic mass is 16.7. The number of hydrogen-bond donors (Lipinski definition) is 0. The Morgan fingerprint density at radius 2 is 0.617 bits per heavy atom. The Morgan fingerprint density at radius 3 is 0.917 bits per heavy atom. The molecule has 4 fully saturated rings. The van der Waals surface area contributed by atoms with Crippen LogP contribution < -0.4 is 0 Å². The van der Waals surface area contributed by atoms with Crippen molar-refractivity contribution in [2.75, 3.05) is 0 Å². The maximum absolute atomic E-state index is 15.3. The number of ether oxygens (including phenoxy) is 2. The third-order valence-corrected chi connectivity index (χ3v) is 15.7. The Labute approximate surface area is 373 Å². The standard InChI is InChI=1S/C56H100O4/c1-56(2,47-48-39-31-23-15-7-3-8-16-24-32-40-48)60-55(58)59-54(57)53(51-45-37-29-21-13-6-14-22-30-38-46-51)52(49-41-33-25-17-9-4-10-18-26-34-42-49)50-43-35-27-19-11-5-12-20-28-36-44-50/h48-51H,3-47H2,1-2H3. The Morgan fingerprint density at radius 1 is 0.367 bits per heavy atom. The fourth-order valence-electron chi connectivity index (χ4n) is 12.3. The monoisotopic (exact) mass is 837 g/mol. The van der Waals surface area contributed by atoms with Gasteiger partial charge < -0.3 is 9.47 Å². The predicted molar refractivity (Wildman–Crippen MR) is 255 cm³/mol. The molecule has 0 heterocycles. The summed E-state index contributed by atoms with van der Waals surface area (Å²) in [4.78, 5) is 29.4. The van der Waals surface area contributed by atoms with Gasteiger partial charge in [0.2, 0.25) is 0 Å². The molecule has 0 amide bonds. The molecule has 4 heteroatoms. The van der Waals surface area contributed by atoms with E-state index in [4.69, 9.17) is 9.47 Å². The maximum atomic E-state index is 15.3. The molecular formula is C56H100O4. The van der Waals surface area contributed by atoms with Gasteiger partial charge in [-0.05, 0) is 82.5 Å². The minimum atomic E-state index is -0.749. The van der Waals surface area contributed by atoms with E-state index in [0.29, 0.717) is 17.8 Å². The Kier molecular flexibility index (Phi) is 27.7. The summed E-state index contributed by atoms with van der Waals surface area (Å²) >= 11 is 0. The normalized spacial score (nSPS) is 23.8. The quantitative estimate of drug-likeness (QED) is 0.146. The van der Waals surface area contributed by atoms with E-state index in [1.807, 2.05) is 0 Å². The van der Waals surface area contributed by atoms with Crippen molar-refractivity contribution >= 4 is 12.1 Å². The molecule has 0 aromatic heterocycles. The van der Waals surface area contributed by atoms with E-state index in [9.17, 15) is 4.79 Å². The van der Waals surface area contributed by atoms with E-state index < -0.39 is 11.8 Å². The average Bonchev–Trinajstić information content (AvgIpc) is 3.19. The molecule has 4 saturated carbocycles. The summed E-state index contributed by atoms with van der Waals surface area (Å²) in [6, 6.07) is 0. The topological polar surface area (TPSA) is 52.6 Å². The van der Waals surface area contributed by atoms with Crippen LogP contribution in [0, 0.1) is 23.7 Å². The summed E-state index contributed by atoms with van der Waals surface area (Å²) in [6.07, 6.45) is 56.7. The first-order valence-corrected chi connectivity index (χ1v) is 27.6. The summed E-state index contributed by atoms with van der Waals surface area (Å²) < 4.78 is 12.4. The first kappa shape index (κ1) is 51.3. The van der Waals surface area contributed by atoms with Crippen molar-refractivity contribution in [1.82, 2.24) is 0 Å². The van der Waals surface area contributed by atoms with Crippen LogP contribution in [0.2, 0.25) is 0 Å². The molecule has 0 spiro atoms. The molecule has 4 aliphatic carbocycles. The van der Waals surface area contributed by atoms with Gasteiger partial charge in [-0.1, -0.05) is 250 Å². The van der Waals surface area contributed by atoms with Crippen molar-refractivity contribution < 1.29 is 19.1 Å².